The zero-order valence-electron chi connectivity index (χ0n) is 36.7. The third-order valence-corrected chi connectivity index (χ3v) is 14.1. The predicted molar refractivity (Wildman–Crippen MR) is 253 cm³/mol. The van der Waals surface area contributed by atoms with E-state index in [9.17, 15) is 36.0 Å². The smallest absolute Gasteiger partial charge is 0.263 e. The van der Waals surface area contributed by atoms with Crippen molar-refractivity contribution in [2.24, 2.45) is 0 Å². The number of nitrogens with zero attached hydrogens (tertiary/aromatic N) is 4. The van der Waals surface area contributed by atoms with Crippen LogP contribution in [-0.2, 0) is 39.1 Å². The minimum absolute atomic E-state index is 0.0176. The third-order valence-electron chi connectivity index (χ3n) is 9.71. The number of hydrogen-bond donors (Lipinski definition) is 2. The molecule has 2 aromatic heterocycles. The van der Waals surface area contributed by atoms with Gasteiger partial charge in [-0.25, -0.2) is 26.8 Å². The van der Waals surface area contributed by atoms with Gasteiger partial charge in [0.05, 0.1) is 60.9 Å². The van der Waals surface area contributed by atoms with E-state index in [0.29, 0.717) is 35.8 Å². The normalized spacial score (nSPS) is 14.6. The molecule has 0 unspecified atom stereocenters. The molecule has 0 bridgehead atoms. The monoisotopic (exact) mass is 986 g/mol. The number of morpholine rings is 2. The summed E-state index contributed by atoms with van der Waals surface area (Å²) in [6.45, 7) is 12.6. The van der Waals surface area contributed by atoms with E-state index in [1.165, 1.54) is 74.8 Å². The number of Topliss-reactive ketones (excluding diaryl/α,β-unsaturated/α-hetero) is 2. The number of carbonyl (C=O) groups is 4. The Bertz CT molecular complexity index is 2240. The van der Waals surface area contributed by atoms with E-state index in [4.69, 9.17) is 18.9 Å². The van der Waals surface area contributed by atoms with Crippen LogP contribution in [0.4, 0.5) is 11.6 Å². The van der Waals surface area contributed by atoms with Crippen molar-refractivity contribution < 1.29 is 55.0 Å². The summed E-state index contributed by atoms with van der Waals surface area (Å²) in [7, 11) is -7.69. The molecule has 0 aliphatic carbocycles. The van der Waals surface area contributed by atoms with Crippen molar-refractivity contribution in [2.75, 3.05) is 99.9 Å². The standard InChI is InChI=1S/2C22H27N3O6S2/c2*1-17(26)32-16-21(27)18-3-8-22(23-15-18)24-33(28,29)20-6-4-19(5-7-20)31-12-2-9-25-10-13-30-14-11-25/h2*3-8,15H,2,9-14,16H2,1H3,(H,23,24). The summed E-state index contributed by atoms with van der Waals surface area (Å²) >= 11 is 1.83. The summed E-state index contributed by atoms with van der Waals surface area (Å²) in [5.74, 6) is 0.910. The lowest BCUT2D eigenvalue weighted by atomic mass is 10.2. The van der Waals surface area contributed by atoms with Crippen molar-refractivity contribution >= 4 is 77.0 Å². The number of nitrogens with one attached hydrogen (secondary N) is 2. The molecule has 2 N–H and O–H groups in total. The fourth-order valence-electron chi connectivity index (χ4n) is 6.17. The molecule has 18 nitrogen and oxygen atoms in total. The van der Waals surface area contributed by atoms with Gasteiger partial charge in [0.25, 0.3) is 20.0 Å². The molecule has 2 aliphatic heterocycles. The lowest BCUT2D eigenvalue weighted by Crippen LogP contribution is -2.37. The van der Waals surface area contributed by atoms with Crippen LogP contribution in [0.5, 0.6) is 11.5 Å². The van der Waals surface area contributed by atoms with E-state index < -0.39 is 20.0 Å². The second kappa shape index (κ2) is 26.4. The highest BCUT2D eigenvalue weighted by Crippen LogP contribution is 2.21. The van der Waals surface area contributed by atoms with E-state index in [1.54, 1.807) is 24.3 Å². The molecule has 0 radical (unpaired) electrons. The molecule has 4 aromatic rings. The lowest BCUT2D eigenvalue weighted by Gasteiger charge is -2.26. The van der Waals surface area contributed by atoms with Crippen molar-refractivity contribution in [1.29, 1.82) is 0 Å². The Morgan fingerprint density at radius 2 is 0.939 bits per heavy atom. The van der Waals surface area contributed by atoms with Gasteiger partial charge in [-0.3, -0.25) is 38.4 Å². The first kappa shape index (κ1) is 52.0. The second-order valence-electron chi connectivity index (χ2n) is 14.7. The van der Waals surface area contributed by atoms with Crippen LogP contribution in [0.1, 0.15) is 47.4 Å². The maximum absolute atomic E-state index is 12.6. The SMILES string of the molecule is CC(=O)SCC(=O)c1ccc(NS(=O)(=O)c2ccc(OCCCN3CCOCC3)cc2)nc1.CC(=O)SCC(=O)c1ccc(NS(=O)(=O)c2ccc(OCCCN3CCOCC3)cc2)nc1. The van der Waals surface area contributed by atoms with E-state index in [2.05, 4.69) is 29.2 Å². The van der Waals surface area contributed by atoms with Crippen LogP contribution in [0.15, 0.2) is 95.0 Å². The average Bonchev–Trinajstić information content (AvgIpc) is 3.31. The third kappa shape index (κ3) is 18.0. The summed E-state index contributed by atoms with van der Waals surface area (Å²) in [4.78, 5) is 58.8. The molecule has 356 valence electrons. The van der Waals surface area contributed by atoms with Crippen LogP contribution >= 0.6 is 23.5 Å². The topological polar surface area (TPSA) is 230 Å². The molecule has 0 amide bonds. The zero-order valence-corrected chi connectivity index (χ0v) is 40.0. The summed E-state index contributed by atoms with van der Waals surface area (Å²) in [5, 5.41) is -0.296. The van der Waals surface area contributed by atoms with Gasteiger partial charge in [0, 0.05) is 76.6 Å². The summed E-state index contributed by atoms with van der Waals surface area (Å²) in [5.41, 5.74) is 0.614. The number of pyridine rings is 2. The molecule has 2 fully saturated rings. The first-order valence-electron chi connectivity index (χ1n) is 21.0. The number of aromatic nitrogens is 2. The predicted octanol–water partition coefficient (Wildman–Crippen LogP) is 4.89. The highest BCUT2D eigenvalue weighted by molar-refractivity contribution is 8.14. The summed E-state index contributed by atoms with van der Waals surface area (Å²) in [6, 6.07) is 18.1. The van der Waals surface area contributed by atoms with Gasteiger partial charge in [0.2, 0.25) is 0 Å². The molecule has 2 saturated heterocycles. The largest absolute Gasteiger partial charge is 0.494 e. The van der Waals surface area contributed by atoms with E-state index in [1.807, 2.05) is 0 Å². The molecule has 0 saturated carbocycles. The fourth-order valence-corrected chi connectivity index (χ4v) is 9.19. The van der Waals surface area contributed by atoms with Crippen LogP contribution in [0.25, 0.3) is 0 Å². The molecular formula is C44H54N6O12S4. The number of sulfonamides is 2. The first-order chi connectivity index (χ1) is 31.7. The van der Waals surface area contributed by atoms with Crippen molar-refractivity contribution in [1.82, 2.24) is 19.8 Å². The Morgan fingerprint density at radius 1 is 0.576 bits per heavy atom. The van der Waals surface area contributed by atoms with Crippen LogP contribution in [0.3, 0.4) is 0 Å². The lowest BCUT2D eigenvalue weighted by molar-refractivity contribution is -0.109. The summed E-state index contributed by atoms with van der Waals surface area (Å²) < 4.78 is 77.4. The Hall–Kier alpha value is -4.94. The zero-order chi connectivity index (χ0) is 47.4. The number of ether oxygens (including phenoxy) is 4. The van der Waals surface area contributed by atoms with Gasteiger partial charge in [-0.05, 0) is 85.6 Å². The van der Waals surface area contributed by atoms with E-state index in [0.717, 1.165) is 102 Å². The molecule has 2 aromatic carbocycles. The highest BCUT2D eigenvalue weighted by Gasteiger charge is 2.18. The van der Waals surface area contributed by atoms with E-state index in [-0.39, 0.29) is 54.7 Å². The number of benzene rings is 2. The Labute approximate surface area is 394 Å². The van der Waals surface area contributed by atoms with Crippen molar-refractivity contribution in [3.8, 4) is 11.5 Å². The van der Waals surface area contributed by atoms with Crippen LogP contribution in [-0.4, -0.2) is 149 Å². The first-order valence-corrected chi connectivity index (χ1v) is 26.0. The fraction of sp³-hybridized carbons (Fsp3) is 0.409. The molecular weight excluding hydrogens is 933 g/mol. The van der Waals surface area contributed by atoms with Gasteiger partial charge in [-0.2, -0.15) is 0 Å². The summed E-state index contributed by atoms with van der Waals surface area (Å²) in [6.07, 6.45) is 4.32. The van der Waals surface area contributed by atoms with Crippen LogP contribution in [0, 0.1) is 0 Å². The van der Waals surface area contributed by atoms with Gasteiger partial charge >= 0.3 is 0 Å². The van der Waals surface area contributed by atoms with Gasteiger partial charge in [0.1, 0.15) is 23.1 Å². The molecule has 66 heavy (non-hydrogen) atoms. The van der Waals surface area contributed by atoms with E-state index >= 15 is 0 Å². The van der Waals surface area contributed by atoms with Crippen LogP contribution < -0.4 is 18.9 Å². The number of hydrogen-bond acceptors (Lipinski definition) is 18. The number of anilines is 2. The molecule has 4 heterocycles. The average molecular weight is 987 g/mol. The Morgan fingerprint density at radius 3 is 1.26 bits per heavy atom. The maximum Gasteiger partial charge on any atom is 0.263 e. The Kier molecular flexibility index (Phi) is 20.8. The maximum atomic E-state index is 12.6. The minimum Gasteiger partial charge on any atom is -0.494 e. The van der Waals surface area contributed by atoms with Gasteiger partial charge in [0.15, 0.2) is 21.8 Å². The van der Waals surface area contributed by atoms with Gasteiger partial charge < -0.3 is 18.9 Å². The van der Waals surface area contributed by atoms with Crippen molar-refractivity contribution in [3.63, 3.8) is 0 Å². The molecule has 0 spiro atoms. The highest BCUT2D eigenvalue weighted by atomic mass is 32.2. The number of ketones is 2. The number of carbonyl (C=O) groups excluding carboxylic acids is 4. The Balaban J connectivity index is 0.000000247. The quantitative estimate of drug-likeness (QED) is 0.0789. The van der Waals surface area contributed by atoms with Gasteiger partial charge in [-0.1, -0.05) is 23.5 Å². The molecule has 22 heteroatoms. The van der Waals surface area contributed by atoms with Crippen LogP contribution in [0.2, 0.25) is 0 Å². The second-order valence-corrected chi connectivity index (χ2v) is 20.4. The van der Waals surface area contributed by atoms with Crippen molar-refractivity contribution in [2.45, 2.75) is 36.5 Å². The molecule has 6 rings (SSSR count). The van der Waals surface area contributed by atoms with Crippen molar-refractivity contribution in [3.05, 3.63) is 96.3 Å². The number of rotatable bonds is 22. The number of thioether (sulfide) groups is 2. The van der Waals surface area contributed by atoms with Gasteiger partial charge in [-0.15, -0.1) is 0 Å². The minimum atomic E-state index is -3.84. The molecule has 0 atom stereocenters. The molecule has 2 aliphatic rings.